The molecule has 2 rings (SSSR count). The van der Waals surface area contributed by atoms with Gasteiger partial charge in [0, 0.05) is 13.0 Å². The van der Waals surface area contributed by atoms with E-state index in [1.54, 1.807) is 24.3 Å². The Morgan fingerprint density at radius 3 is 2.39 bits per heavy atom. The highest BCUT2D eigenvalue weighted by Crippen LogP contribution is 2.27. The zero-order valence-electron chi connectivity index (χ0n) is 13.7. The summed E-state index contributed by atoms with van der Waals surface area (Å²) in [5.74, 6) is 0.781. The van der Waals surface area contributed by atoms with E-state index in [0.717, 1.165) is 12.0 Å². The molecule has 0 saturated heterocycles. The lowest BCUT2D eigenvalue weighted by Crippen LogP contribution is -2.23. The van der Waals surface area contributed by atoms with Gasteiger partial charge in [0.05, 0.1) is 4.90 Å². The number of sulfonamides is 1. The smallest absolute Gasteiger partial charge is 0.240 e. The molecule has 5 nitrogen and oxygen atoms in total. The van der Waals surface area contributed by atoms with E-state index < -0.39 is 10.0 Å². The van der Waals surface area contributed by atoms with Crippen LogP contribution < -0.4 is 10.0 Å². The van der Waals surface area contributed by atoms with Gasteiger partial charge < -0.3 is 5.32 Å². The van der Waals surface area contributed by atoms with Crippen LogP contribution in [0.15, 0.2) is 29.2 Å². The van der Waals surface area contributed by atoms with Crippen molar-refractivity contribution in [1.82, 2.24) is 10.0 Å². The molecule has 0 spiro atoms. The first-order valence-corrected chi connectivity index (χ1v) is 9.79. The van der Waals surface area contributed by atoms with E-state index in [-0.39, 0.29) is 10.8 Å². The predicted molar refractivity (Wildman–Crippen MR) is 90.3 cm³/mol. The summed E-state index contributed by atoms with van der Waals surface area (Å²) >= 11 is 0. The second-order valence-electron chi connectivity index (χ2n) is 6.17. The number of hydrogen-bond acceptors (Lipinski definition) is 3. The number of amides is 1. The van der Waals surface area contributed by atoms with Crippen LogP contribution in [-0.2, 0) is 21.4 Å². The molecule has 0 bridgehead atoms. The third-order valence-corrected chi connectivity index (χ3v) is 5.93. The molecular formula is C17H26N2O3S. The van der Waals surface area contributed by atoms with Crippen LogP contribution in [0.4, 0.5) is 0 Å². The average Bonchev–Trinajstić information content (AvgIpc) is 2.59. The maximum atomic E-state index is 11.9. The summed E-state index contributed by atoms with van der Waals surface area (Å²) in [5, 5.41) is 2.91. The van der Waals surface area contributed by atoms with Crippen LogP contribution in [0.3, 0.4) is 0 Å². The summed E-state index contributed by atoms with van der Waals surface area (Å²) in [5.41, 5.74) is 0.895. The molecule has 2 N–H and O–H groups in total. The minimum absolute atomic E-state index is 0.0718. The summed E-state index contributed by atoms with van der Waals surface area (Å²) in [6.45, 7) is 0.434. The molecule has 1 aliphatic carbocycles. The van der Waals surface area contributed by atoms with Gasteiger partial charge in [-0.2, -0.15) is 0 Å². The molecule has 1 saturated carbocycles. The zero-order valence-corrected chi connectivity index (χ0v) is 14.5. The first-order chi connectivity index (χ1) is 11.0. The molecule has 23 heavy (non-hydrogen) atoms. The topological polar surface area (TPSA) is 75.3 Å². The minimum atomic E-state index is -3.40. The Labute approximate surface area is 138 Å². The number of rotatable bonds is 7. The molecule has 6 heteroatoms. The first-order valence-electron chi connectivity index (χ1n) is 8.30. The van der Waals surface area contributed by atoms with Gasteiger partial charge in [0.15, 0.2) is 0 Å². The van der Waals surface area contributed by atoms with Crippen molar-refractivity contribution in [3.63, 3.8) is 0 Å². The molecule has 1 fully saturated rings. The Bertz CT molecular complexity index is 605. The standard InChI is InChI=1S/C17H26N2O3S/c1-18-23(21,22)16-10-7-15(8-11-16)13-19-17(20)12-9-14-5-3-2-4-6-14/h7-8,10-11,14,18H,2-6,9,12-13H2,1H3,(H,19,20). The molecule has 0 aromatic heterocycles. The summed E-state index contributed by atoms with van der Waals surface area (Å²) in [7, 11) is -2.02. The summed E-state index contributed by atoms with van der Waals surface area (Å²) < 4.78 is 25.5. The van der Waals surface area contributed by atoms with Crippen LogP contribution >= 0.6 is 0 Å². The summed E-state index contributed by atoms with van der Waals surface area (Å²) in [4.78, 5) is 12.1. The van der Waals surface area contributed by atoms with Gasteiger partial charge in [-0.3, -0.25) is 4.79 Å². The van der Waals surface area contributed by atoms with Gasteiger partial charge in [-0.25, -0.2) is 13.1 Å². The van der Waals surface area contributed by atoms with Crippen molar-refractivity contribution in [1.29, 1.82) is 0 Å². The lowest BCUT2D eigenvalue weighted by Gasteiger charge is -2.21. The van der Waals surface area contributed by atoms with Crippen molar-refractivity contribution in [3.8, 4) is 0 Å². The molecule has 1 amide bonds. The molecule has 0 radical (unpaired) electrons. The second kappa shape index (κ2) is 8.45. The highest BCUT2D eigenvalue weighted by Gasteiger charge is 2.15. The van der Waals surface area contributed by atoms with Crippen LogP contribution in [0.25, 0.3) is 0 Å². The van der Waals surface area contributed by atoms with Gasteiger partial charge in [0.1, 0.15) is 0 Å². The minimum Gasteiger partial charge on any atom is -0.352 e. The summed E-state index contributed by atoms with van der Waals surface area (Å²) in [6, 6.07) is 6.56. The van der Waals surface area contributed by atoms with Gasteiger partial charge in [-0.1, -0.05) is 44.2 Å². The van der Waals surface area contributed by atoms with Crippen molar-refractivity contribution in [3.05, 3.63) is 29.8 Å². The van der Waals surface area contributed by atoms with E-state index in [4.69, 9.17) is 0 Å². The van der Waals surface area contributed by atoms with E-state index in [0.29, 0.717) is 18.9 Å². The SMILES string of the molecule is CNS(=O)(=O)c1ccc(CNC(=O)CCC2CCCCC2)cc1. The Balaban J connectivity index is 1.75. The van der Waals surface area contributed by atoms with Crippen molar-refractivity contribution < 1.29 is 13.2 Å². The molecule has 0 unspecified atom stereocenters. The quantitative estimate of drug-likeness (QED) is 0.802. The predicted octanol–water partition coefficient (Wildman–Crippen LogP) is 2.57. The Morgan fingerprint density at radius 2 is 1.78 bits per heavy atom. The van der Waals surface area contributed by atoms with Gasteiger partial charge in [0.2, 0.25) is 15.9 Å². The maximum absolute atomic E-state index is 11.9. The lowest BCUT2D eigenvalue weighted by atomic mass is 9.86. The molecule has 128 valence electrons. The van der Waals surface area contributed by atoms with E-state index in [2.05, 4.69) is 10.0 Å². The van der Waals surface area contributed by atoms with Crippen LogP contribution in [-0.4, -0.2) is 21.4 Å². The van der Waals surface area contributed by atoms with Crippen LogP contribution in [0.2, 0.25) is 0 Å². The fraction of sp³-hybridized carbons (Fsp3) is 0.588. The van der Waals surface area contributed by atoms with Gasteiger partial charge in [0.25, 0.3) is 0 Å². The van der Waals surface area contributed by atoms with Gasteiger partial charge >= 0.3 is 0 Å². The van der Waals surface area contributed by atoms with Crippen LogP contribution in [0.5, 0.6) is 0 Å². The Kier molecular flexibility index (Phi) is 6.59. The Morgan fingerprint density at radius 1 is 1.13 bits per heavy atom. The normalized spacial score (nSPS) is 16.2. The number of carbonyl (C=O) groups excluding carboxylic acids is 1. The maximum Gasteiger partial charge on any atom is 0.240 e. The molecule has 0 heterocycles. The molecule has 1 aromatic rings. The van der Waals surface area contributed by atoms with E-state index in [1.165, 1.54) is 39.2 Å². The van der Waals surface area contributed by atoms with Crippen LogP contribution in [0.1, 0.15) is 50.5 Å². The number of benzene rings is 1. The van der Waals surface area contributed by atoms with Crippen molar-refractivity contribution in [2.75, 3.05) is 7.05 Å². The fourth-order valence-corrected chi connectivity index (χ4v) is 3.73. The highest BCUT2D eigenvalue weighted by molar-refractivity contribution is 7.89. The van der Waals surface area contributed by atoms with E-state index in [1.807, 2.05) is 0 Å². The second-order valence-corrected chi connectivity index (χ2v) is 8.06. The molecular weight excluding hydrogens is 312 g/mol. The highest BCUT2D eigenvalue weighted by atomic mass is 32.2. The van der Waals surface area contributed by atoms with Gasteiger partial charge in [-0.15, -0.1) is 0 Å². The molecule has 0 atom stereocenters. The molecule has 0 aliphatic heterocycles. The third-order valence-electron chi connectivity index (χ3n) is 4.50. The molecule has 1 aliphatic rings. The largest absolute Gasteiger partial charge is 0.352 e. The first kappa shape index (κ1) is 17.9. The average molecular weight is 338 g/mol. The Hall–Kier alpha value is -1.40. The third kappa shape index (κ3) is 5.62. The zero-order chi connectivity index (χ0) is 16.7. The van der Waals surface area contributed by atoms with Crippen LogP contribution in [0, 0.1) is 5.92 Å². The van der Waals surface area contributed by atoms with E-state index >= 15 is 0 Å². The summed E-state index contributed by atoms with van der Waals surface area (Å²) in [6.07, 6.45) is 8.01. The fourth-order valence-electron chi connectivity index (χ4n) is 3.00. The van der Waals surface area contributed by atoms with Crippen molar-refractivity contribution in [2.45, 2.75) is 56.4 Å². The van der Waals surface area contributed by atoms with E-state index in [9.17, 15) is 13.2 Å². The van der Waals surface area contributed by atoms with Crippen molar-refractivity contribution in [2.24, 2.45) is 5.92 Å². The number of carbonyl (C=O) groups is 1. The van der Waals surface area contributed by atoms with Crippen molar-refractivity contribution >= 4 is 15.9 Å². The number of nitrogens with one attached hydrogen (secondary N) is 2. The monoisotopic (exact) mass is 338 g/mol. The molecule has 1 aromatic carbocycles. The lowest BCUT2D eigenvalue weighted by molar-refractivity contribution is -0.121. The van der Waals surface area contributed by atoms with Gasteiger partial charge in [-0.05, 0) is 37.1 Å². The number of hydrogen-bond donors (Lipinski definition) is 2.